The third-order valence-electron chi connectivity index (χ3n) is 3.23. The SMILES string of the molecule is CCC(C)Nc1cc(Nc2cccc(C(=O)OC)c2)ncn1. The highest BCUT2D eigenvalue weighted by molar-refractivity contribution is 5.90. The molecular formula is C16H20N4O2. The van der Waals surface area contributed by atoms with E-state index in [1.54, 1.807) is 18.2 Å². The molecule has 0 saturated carbocycles. The van der Waals surface area contributed by atoms with Gasteiger partial charge in [0.05, 0.1) is 12.7 Å². The number of anilines is 3. The molecule has 0 radical (unpaired) electrons. The van der Waals surface area contributed by atoms with Crippen molar-refractivity contribution >= 4 is 23.3 Å². The maximum Gasteiger partial charge on any atom is 0.337 e. The van der Waals surface area contributed by atoms with Crippen molar-refractivity contribution in [3.8, 4) is 0 Å². The number of benzene rings is 1. The Kier molecular flexibility index (Phi) is 5.30. The number of aromatic nitrogens is 2. The maximum absolute atomic E-state index is 11.5. The minimum absolute atomic E-state index is 0.338. The van der Waals surface area contributed by atoms with E-state index in [-0.39, 0.29) is 5.97 Å². The third kappa shape index (κ3) is 4.18. The molecule has 0 saturated heterocycles. The smallest absolute Gasteiger partial charge is 0.337 e. The first-order chi connectivity index (χ1) is 10.6. The van der Waals surface area contributed by atoms with Crippen molar-refractivity contribution in [2.45, 2.75) is 26.3 Å². The average Bonchev–Trinajstić information content (AvgIpc) is 2.54. The van der Waals surface area contributed by atoms with Gasteiger partial charge in [-0.1, -0.05) is 13.0 Å². The van der Waals surface area contributed by atoms with E-state index in [0.29, 0.717) is 17.4 Å². The molecule has 2 rings (SSSR count). The summed E-state index contributed by atoms with van der Waals surface area (Å²) in [7, 11) is 1.36. The highest BCUT2D eigenvalue weighted by Gasteiger charge is 2.07. The van der Waals surface area contributed by atoms with Crippen LogP contribution in [0.4, 0.5) is 17.3 Å². The Bertz CT molecular complexity index is 646. The molecule has 6 heteroatoms. The van der Waals surface area contributed by atoms with E-state index in [1.165, 1.54) is 13.4 Å². The number of rotatable bonds is 6. The first-order valence-electron chi connectivity index (χ1n) is 7.16. The van der Waals surface area contributed by atoms with Gasteiger partial charge in [-0.15, -0.1) is 0 Å². The van der Waals surface area contributed by atoms with Crippen LogP contribution in [-0.2, 0) is 4.74 Å². The summed E-state index contributed by atoms with van der Waals surface area (Å²) < 4.78 is 4.71. The molecular weight excluding hydrogens is 280 g/mol. The van der Waals surface area contributed by atoms with Crippen LogP contribution in [0.3, 0.4) is 0 Å². The molecule has 2 N–H and O–H groups in total. The highest BCUT2D eigenvalue weighted by Crippen LogP contribution is 2.18. The van der Waals surface area contributed by atoms with Crippen LogP contribution in [0.2, 0.25) is 0 Å². The van der Waals surface area contributed by atoms with E-state index in [9.17, 15) is 4.79 Å². The lowest BCUT2D eigenvalue weighted by atomic mass is 10.2. The van der Waals surface area contributed by atoms with Crippen molar-refractivity contribution in [3.63, 3.8) is 0 Å². The minimum atomic E-state index is -0.370. The number of nitrogens with one attached hydrogen (secondary N) is 2. The average molecular weight is 300 g/mol. The number of nitrogens with zero attached hydrogens (tertiary/aromatic N) is 2. The van der Waals surface area contributed by atoms with Crippen molar-refractivity contribution in [2.75, 3.05) is 17.7 Å². The van der Waals surface area contributed by atoms with E-state index >= 15 is 0 Å². The van der Waals surface area contributed by atoms with Gasteiger partial charge in [0.15, 0.2) is 0 Å². The van der Waals surface area contributed by atoms with Gasteiger partial charge in [0.25, 0.3) is 0 Å². The Hall–Kier alpha value is -2.63. The molecule has 0 aliphatic rings. The normalized spacial score (nSPS) is 11.6. The molecule has 1 aromatic carbocycles. The Balaban J connectivity index is 2.13. The van der Waals surface area contributed by atoms with Gasteiger partial charge < -0.3 is 15.4 Å². The van der Waals surface area contributed by atoms with Gasteiger partial charge in [0.1, 0.15) is 18.0 Å². The number of hydrogen-bond donors (Lipinski definition) is 2. The van der Waals surface area contributed by atoms with Crippen LogP contribution in [0.1, 0.15) is 30.6 Å². The van der Waals surface area contributed by atoms with Gasteiger partial charge in [-0.05, 0) is 31.5 Å². The molecule has 2 aromatic rings. The van der Waals surface area contributed by atoms with E-state index in [2.05, 4.69) is 34.4 Å². The predicted molar refractivity (Wildman–Crippen MR) is 86.5 cm³/mol. The predicted octanol–water partition coefficient (Wildman–Crippen LogP) is 3.22. The maximum atomic E-state index is 11.5. The van der Waals surface area contributed by atoms with Crippen LogP contribution >= 0.6 is 0 Å². The Morgan fingerprint density at radius 3 is 2.77 bits per heavy atom. The number of carbonyl (C=O) groups is 1. The number of esters is 1. The summed E-state index contributed by atoms with van der Waals surface area (Å²) in [4.78, 5) is 19.9. The lowest BCUT2D eigenvalue weighted by Crippen LogP contribution is -2.14. The fraction of sp³-hybridized carbons (Fsp3) is 0.312. The summed E-state index contributed by atoms with van der Waals surface area (Å²) >= 11 is 0. The summed E-state index contributed by atoms with van der Waals surface area (Å²) in [6, 6.07) is 9.23. The summed E-state index contributed by atoms with van der Waals surface area (Å²) in [6.07, 6.45) is 2.51. The topological polar surface area (TPSA) is 76.1 Å². The quantitative estimate of drug-likeness (QED) is 0.798. The molecule has 0 amide bonds. The zero-order valence-corrected chi connectivity index (χ0v) is 13.0. The zero-order chi connectivity index (χ0) is 15.9. The molecule has 22 heavy (non-hydrogen) atoms. The number of hydrogen-bond acceptors (Lipinski definition) is 6. The summed E-state index contributed by atoms with van der Waals surface area (Å²) in [5.74, 6) is 1.05. The molecule has 1 aromatic heterocycles. The fourth-order valence-corrected chi connectivity index (χ4v) is 1.85. The molecule has 1 unspecified atom stereocenters. The summed E-state index contributed by atoms with van der Waals surface area (Å²) in [5.41, 5.74) is 1.25. The molecule has 6 nitrogen and oxygen atoms in total. The van der Waals surface area contributed by atoms with Crippen LogP contribution in [0.25, 0.3) is 0 Å². The van der Waals surface area contributed by atoms with Crippen LogP contribution in [-0.4, -0.2) is 29.1 Å². The summed E-state index contributed by atoms with van der Waals surface area (Å²) in [6.45, 7) is 4.20. The molecule has 0 aliphatic carbocycles. The number of carbonyl (C=O) groups excluding carboxylic acids is 1. The molecule has 0 aliphatic heterocycles. The second kappa shape index (κ2) is 7.40. The summed E-state index contributed by atoms with van der Waals surface area (Å²) in [5, 5.41) is 6.45. The highest BCUT2D eigenvalue weighted by atomic mass is 16.5. The third-order valence-corrected chi connectivity index (χ3v) is 3.23. The van der Waals surface area contributed by atoms with E-state index in [0.717, 1.165) is 17.9 Å². The van der Waals surface area contributed by atoms with E-state index < -0.39 is 0 Å². The van der Waals surface area contributed by atoms with Gasteiger partial charge in [-0.25, -0.2) is 14.8 Å². The first-order valence-corrected chi connectivity index (χ1v) is 7.16. The Labute approximate surface area is 129 Å². The van der Waals surface area contributed by atoms with E-state index in [1.807, 2.05) is 12.1 Å². The molecule has 1 heterocycles. The molecule has 1 atom stereocenters. The first kappa shape index (κ1) is 15.8. The van der Waals surface area contributed by atoms with Crippen molar-refractivity contribution in [3.05, 3.63) is 42.2 Å². The largest absolute Gasteiger partial charge is 0.465 e. The monoisotopic (exact) mass is 300 g/mol. The Morgan fingerprint density at radius 1 is 1.27 bits per heavy atom. The van der Waals surface area contributed by atoms with Gasteiger partial charge in [-0.3, -0.25) is 0 Å². The lowest BCUT2D eigenvalue weighted by molar-refractivity contribution is 0.0601. The van der Waals surface area contributed by atoms with Crippen LogP contribution in [0.15, 0.2) is 36.7 Å². The molecule has 0 bridgehead atoms. The molecule has 116 valence electrons. The van der Waals surface area contributed by atoms with Gasteiger partial charge in [0.2, 0.25) is 0 Å². The Morgan fingerprint density at radius 2 is 2.05 bits per heavy atom. The van der Waals surface area contributed by atoms with Crippen LogP contribution in [0.5, 0.6) is 0 Å². The second-order valence-electron chi connectivity index (χ2n) is 4.94. The number of ether oxygens (including phenoxy) is 1. The minimum Gasteiger partial charge on any atom is -0.465 e. The zero-order valence-electron chi connectivity index (χ0n) is 13.0. The van der Waals surface area contributed by atoms with Crippen LogP contribution in [0, 0.1) is 0 Å². The van der Waals surface area contributed by atoms with Crippen molar-refractivity contribution in [1.82, 2.24) is 9.97 Å². The number of methoxy groups -OCH3 is 1. The van der Waals surface area contributed by atoms with Gasteiger partial charge >= 0.3 is 5.97 Å². The van der Waals surface area contributed by atoms with Gasteiger partial charge in [0, 0.05) is 17.8 Å². The lowest BCUT2D eigenvalue weighted by Gasteiger charge is -2.13. The molecule has 0 fully saturated rings. The van der Waals surface area contributed by atoms with Gasteiger partial charge in [-0.2, -0.15) is 0 Å². The van der Waals surface area contributed by atoms with E-state index in [4.69, 9.17) is 4.74 Å². The van der Waals surface area contributed by atoms with Crippen molar-refractivity contribution in [2.24, 2.45) is 0 Å². The molecule has 0 spiro atoms. The fourth-order valence-electron chi connectivity index (χ4n) is 1.85. The second-order valence-corrected chi connectivity index (χ2v) is 4.94. The van der Waals surface area contributed by atoms with Crippen molar-refractivity contribution in [1.29, 1.82) is 0 Å². The standard InChI is InChI=1S/C16H20N4O2/c1-4-11(2)19-14-9-15(18-10-17-14)20-13-7-5-6-12(8-13)16(21)22-3/h5-11H,4H2,1-3H3,(H2,17,18,19,20). The van der Waals surface area contributed by atoms with Crippen LogP contribution < -0.4 is 10.6 Å². The van der Waals surface area contributed by atoms with Crippen molar-refractivity contribution < 1.29 is 9.53 Å².